The highest BCUT2D eigenvalue weighted by Gasteiger charge is 2.42. The van der Waals surface area contributed by atoms with E-state index in [1.54, 1.807) is 41.2 Å². The number of aromatic nitrogens is 1. The van der Waals surface area contributed by atoms with Crippen LogP contribution in [0, 0.1) is 0 Å². The van der Waals surface area contributed by atoms with Crippen molar-refractivity contribution in [2.75, 3.05) is 46.0 Å². The molecular formula is C16H21N3O4. The number of nitrogens with zero attached hydrogens (tertiary/aromatic N) is 3. The maximum Gasteiger partial charge on any atom is 0.255 e. The Morgan fingerprint density at radius 1 is 1.22 bits per heavy atom. The smallest absolute Gasteiger partial charge is 0.255 e. The van der Waals surface area contributed by atoms with E-state index in [-0.39, 0.29) is 11.8 Å². The molecule has 7 nitrogen and oxygen atoms in total. The van der Waals surface area contributed by atoms with Crippen LogP contribution in [0.4, 0.5) is 0 Å². The predicted molar refractivity (Wildman–Crippen MR) is 81.9 cm³/mol. The number of hydrogen-bond donors (Lipinski definition) is 0. The summed E-state index contributed by atoms with van der Waals surface area (Å²) in [7, 11) is 0. The highest BCUT2D eigenvalue weighted by atomic mass is 16.5. The average Bonchev–Trinajstić information content (AvgIpc) is 2.78. The van der Waals surface area contributed by atoms with Gasteiger partial charge in [-0.25, -0.2) is 0 Å². The topological polar surface area (TPSA) is 72.0 Å². The summed E-state index contributed by atoms with van der Waals surface area (Å²) < 4.78 is 11.6. The molecule has 2 aliphatic rings. The fraction of sp³-hybridized carbons (Fsp3) is 0.562. The maximum absolute atomic E-state index is 12.6. The van der Waals surface area contributed by atoms with Crippen LogP contribution in [0.25, 0.3) is 0 Å². The van der Waals surface area contributed by atoms with Gasteiger partial charge in [0.15, 0.2) is 0 Å². The summed E-state index contributed by atoms with van der Waals surface area (Å²) in [5.41, 5.74) is -0.0966. The molecule has 3 rings (SSSR count). The van der Waals surface area contributed by atoms with E-state index in [1.807, 2.05) is 0 Å². The van der Waals surface area contributed by atoms with Crippen molar-refractivity contribution in [3.8, 4) is 0 Å². The van der Waals surface area contributed by atoms with Gasteiger partial charge in [0.05, 0.1) is 38.5 Å². The molecule has 1 aromatic heterocycles. The summed E-state index contributed by atoms with van der Waals surface area (Å²) in [5, 5.41) is 0. The molecule has 2 fully saturated rings. The number of morpholine rings is 1. The van der Waals surface area contributed by atoms with Crippen LogP contribution in [0.3, 0.4) is 0 Å². The standard InChI is InChI=1S/C16H21N3O4/c1-13(20)18-5-7-22-12-16(10-18)11-19(6-8-23-16)15(21)14-3-2-4-17-9-14/h2-4,9H,5-8,10-12H2,1H3/t16-/m0/s1. The number of carbonyl (C=O) groups is 2. The van der Waals surface area contributed by atoms with Crippen molar-refractivity contribution in [2.24, 2.45) is 0 Å². The van der Waals surface area contributed by atoms with Crippen LogP contribution in [-0.2, 0) is 14.3 Å². The molecule has 1 atom stereocenters. The van der Waals surface area contributed by atoms with Gasteiger partial charge >= 0.3 is 0 Å². The van der Waals surface area contributed by atoms with Crippen molar-refractivity contribution in [1.82, 2.24) is 14.8 Å². The Kier molecular flexibility index (Phi) is 4.58. The number of carbonyl (C=O) groups excluding carboxylic acids is 2. The molecule has 0 saturated carbocycles. The van der Waals surface area contributed by atoms with Crippen LogP contribution in [0.5, 0.6) is 0 Å². The zero-order valence-corrected chi connectivity index (χ0v) is 13.2. The van der Waals surface area contributed by atoms with Gasteiger partial charge in [0.1, 0.15) is 5.60 Å². The minimum atomic E-state index is -0.654. The first kappa shape index (κ1) is 15.9. The summed E-state index contributed by atoms with van der Waals surface area (Å²) in [4.78, 5) is 31.9. The van der Waals surface area contributed by atoms with Crippen LogP contribution in [0.1, 0.15) is 17.3 Å². The zero-order chi connectivity index (χ0) is 16.3. The normalized spacial score (nSPS) is 25.3. The molecule has 0 N–H and O–H groups in total. The zero-order valence-electron chi connectivity index (χ0n) is 13.2. The Labute approximate surface area is 135 Å². The van der Waals surface area contributed by atoms with Gasteiger partial charge in [0.25, 0.3) is 5.91 Å². The predicted octanol–water partition coefficient (Wildman–Crippen LogP) is 0.172. The maximum atomic E-state index is 12.6. The molecule has 2 amide bonds. The molecule has 1 spiro atoms. The largest absolute Gasteiger partial charge is 0.376 e. The SMILES string of the molecule is CC(=O)N1CCOC[C@]2(C1)CN(C(=O)c1cccnc1)CCO2. The fourth-order valence-corrected chi connectivity index (χ4v) is 3.05. The second-order valence-corrected chi connectivity index (χ2v) is 5.99. The molecular weight excluding hydrogens is 298 g/mol. The summed E-state index contributed by atoms with van der Waals surface area (Å²) in [6.45, 7) is 4.77. The number of ether oxygens (including phenoxy) is 2. The molecule has 0 radical (unpaired) electrons. The van der Waals surface area contributed by atoms with Crippen molar-refractivity contribution in [3.05, 3.63) is 30.1 Å². The summed E-state index contributed by atoms with van der Waals surface area (Å²) >= 11 is 0. The van der Waals surface area contributed by atoms with Gasteiger partial charge in [-0.05, 0) is 12.1 Å². The molecule has 2 saturated heterocycles. The third kappa shape index (κ3) is 3.51. The van der Waals surface area contributed by atoms with Gasteiger partial charge in [0.2, 0.25) is 5.91 Å². The lowest BCUT2D eigenvalue weighted by molar-refractivity contribution is -0.145. The Balaban J connectivity index is 1.76. The number of hydrogen-bond acceptors (Lipinski definition) is 5. The Bertz CT molecular complexity index is 580. The Morgan fingerprint density at radius 3 is 2.74 bits per heavy atom. The van der Waals surface area contributed by atoms with E-state index in [1.165, 1.54) is 0 Å². The summed E-state index contributed by atoms with van der Waals surface area (Å²) in [6.07, 6.45) is 3.21. The highest BCUT2D eigenvalue weighted by Crippen LogP contribution is 2.23. The summed E-state index contributed by atoms with van der Waals surface area (Å²) in [6, 6.07) is 3.50. The number of rotatable bonds is 1. The molecule has 124 valence electrons. The Morgan fingerprint density at radius 2 is 2.00 bits per heavy atom. The lowest BCUT2D eigenvalue weighted by atomic mass is 10.0. The molecule has 0 bridgehead atoms. The minimum Gasteiger partial charge on any atom is -0.376 e. The van der Waals surface area contributed by atoms with Gasteiger partial charge in [-0.15, -0.1) is 0 Å². The van der Waals surface area contributed by atoms with Crippen molar-refractivity contribution in [1.29, 1.82) is 0 Å². The lowest BCUT2D eigenvalue weighted by Gasteiger charge is -2.43. The van der Waals surface area contributed by atoms with E-state index in [0.717, 1.165) is 0 Å². The quantitative estimate of drug-likeness (QED) is 0.738. The van der Waals surface area contributed by atoms with Gasteiger partial charge in [0, 0.05) is 32.4 Å². The lowest BCUT2D eigenvalue weighted by Crippen LogP contribution is -2.60. The molecule has 0 aliphatic carbocycles. The van der Waals surface area contributed by atoms with E-state index in [4.69, 9.17) is 9.47 Å². The van der Waals surface area contributed by atoms with Gasteiger partial charge in [-0.3, -0.25) is 14.6 Å². The van der Waals surface area contributed by atoms with Crippen LogP contribution < -0.4 is 0 Å². The molecule has 7 heteroatoms. The monoisotopic (exact) mass is 319 g/mol. The van der Waals surface area contributed by atoms with Crippen molar-refractivity contribution in [3.63, 3.8) is 0 Å². The van der Waals surface area contributed by atoms with E-state index in [9.17, 15) is 9.59 Å². The van der Waals surface area contributed by atoms with Crippen LogP contribution in [0.2, 0.25) is 0 Å². The van der Waals surface area contributed by atoms with Gasteiger partial charge in [-0.2, -0.15) is 0 Å². The van der Waals surface area contributed by atoms with Crippen LogP contribution in [-0.4, -0.2) is 78.2 Å². The second-order valence-electron chi connectivity index (χ2n) is 5.99. The first-order valence-electron chi connectivity index (χ1n) is 7.76. The first-order valence-corrected chi connectivity index (χ1v) is 7.76. The average molecular weight is 319 g/mol. The fourth-order valence-electron chi connectivity index (χ4n) is 3.05. The van der Waals surface area contributed by atoms with E-state index in [0.29, 0.717) is 51.6 Å². The number of amides is 2. The molecule has 23 heavy (non-hydrogen) atoms. The molecule has 1 aromatic rings. The minimum absolute atomic E-state index is 0.00538. The first-order chi connectivity index (χ1) is 11.1. The molecule has 3 heterocycles. The second kappa shape index (κ2) is 6.64. The molecule has 0 unspecified atom stereocenters. The van der Waals surface area contributed by atoms with Crippen molar-refractivity contribution in [2.45, 2.75) is 12.5 Å². The molecule has 2 aliphatic heterocycles. The van der Waals surface area contributed by atoms with E-state index >= 15 is 0 Å². The van der Waals surface area contributed by atoms with Crippen LogP contribution >= 0.6 is 0 Å². The van der Waals surface area contributed by atoms with E-state index < -0.39 is 5.60 Å². The number of pyridine rings is 1. The summed E-state index contributed by atoms with van der Waals surface area (Å²) in [5.74, 6) is -0.0754. The van der Waals surface area contributed by atoms with Crippen molar-refractivity contribution >= 4 is 11.8 Å². The van der Waals surface area contributed by atoms with E-state index in [2.05, 4.69) is 4.98 Å². The third-order valence-electron chi connectivity index (χ3n) is 4.24. The van der Waals surface area contributed by atoms with Gasteiger partial charge in [-0.1, -0.05) is 0 Å². The molecule has 0 aromatic carbocycles. The third-order valence-corrected chi connectivity index (χ3v) is 4.24. The Hall–Kier alpha value is -1.99. The highest BCUT2D eigenvalue weighted by molar-refractivity contribution is 5.94. The van der Waals surface area contributed by atoms with Gasteiger partial charge < -0.3 is 19.3 Å². The van der Waals surface area contributed by atoms with Crippen LogP contribution in [0.15, 0.2) is 24.5 Å². The van der Waals surface area contributed by atoms with Crippen molar-refractivity contribution < 1.29 is 19.1 Å².